The quantitative estimate of drug-likeness (QED) is 0.701. The SMILES string of the molecule is CCOc1ccccc1Nc1nccc(C(=O)Nc2cccc(F)c2)n1. The summed E-state index contributed by atoms with van der Waals surface area (Å²) in [5.74, 6) is 0.0248. The highest BCUT2D eigenvalue weighted by atomic mass is 19.1. The summed E-state index contributed by atoms with van der Waals surface area (Å²) in [7, 11) is 0. The molecular formula is C19H17FN4O2. The Morgan fingerprint density at radius 3 is 2.81 bits per heavy atom. The standard InChI is InChI=1S/C19H17FN4O2/c1-2-26-17-9-4-3-8-15(17)23-19-21-11-10-16(24-19)18(25)22-14-7-5-6-13(20)12-14/h3-12H,2H2,1H3,(H,22,25)(H,21,23,24). The van der Waals surface area contributed by atoms with Gasteiger partial charge in [0.2, 0.25) is 5.95 Å². The van der Waals surface area contributed by atoms with Gasteiger partial charge in [0.25, 0.3) is 5.91 Å². The zero-order valence-corrected chi connectivity index (χ0v) is 14.1. The third-order valence-corrected chi connectivity index (χ3v) is 3.40. The lowest BCUT2D eigenvalue weighted by atomic mass is 10.3. The third kappa shape index (κ3) is 4.32. The van der Waals surface area contributed by atoms with Crippen LogP contribution >= 0.6 is 0 Å². The van der Waals surface area contributed by atoms with E-state index in [1.165, 1.54) is 30.5 Å². The fraction of sp³-hybridized carbons (Fsp3) is 0.105. The molecule has 26 heavy (non-hydrogen) atoms. The zero-order valence-electron chi connectivity index (χ0n) is 14.1. The van der Waals surface area contributed by atoms with E-state index in [1.54, 1.807) is 6.07 Å². The van der Waals surface area contributed by atoms with E-state index in [-0.39, 0.29) is 11.6 Å². The Hall–Kier alpha value is -3.48. The van der Waals surface area contributed by atoms with Crippen molar-refractivity contribution in [1.29, 1.82) is 0 Å². The van der Waals surface area contributed by atoms with Gasteiger partial charge < -0.3 is 15.4 Å². The molecule has 0 aliphatic heterocycles. The number of aromatic nitrogens is 2. The Morgan fingerprint density at radius 2 is 2.00 bits per heavy atom. The van der Waals surface area contributed by atoms with E-state index in [0.717, 1.165) is 0 Å². The Labute approximate surface area is 150 Å². The number of rotatable bonds is 6. The fourth-order valence-electron chi connectivity index (χ4n) is 2.28. The molecule has 6 nitrogen and oxygen atoms in total. The first-order chi connectivity index (χ1) is 12.7. The minimum absolute atomic E-state index is 0.153. The van der Waals surface area contributed by atoms with Gasteiger partial charge in [0, 0.05) is 11.9 Å². The monoisotopic (exact) mass is 352 g/mol. The summed E-state index contributed by atoms with van der Waals surface area (Å²) in [5, 5.41) is 5.64. The van der Waals surface area contributed by atoms with Crippen LogP contribution in [0.1, 0.15) is 17.4 Å². The lowest BCUT2D eigenvalue weighted by Crippen LogP contribution is -2.15. The van der Waals surface area contributed by atoms with Gasteiger partial charge in [-0.1, -0.05) is 18.2 Å². The topological polar surface area (TPSA) is 76.1 Å². The van der Waals surface area contributed by atoms with Crippen molar-refractivity contribution >= 4 is 23.2 Å². The van der Waals surface area contributed by atoms with Crippen molar-refractivity contribution in [2.24, 2.45) is 0 Å². The maximum absolute atomic E-state index is 13.2. The highest BCUT2D eigenvalue weighted by Crippen LogP contribution is 2.26. The average molecular weight is 352 g/mol. The molecule has 132 valence electrons. The summed E-state index contributed by atoms with van der Waals surface area (Å²) in [6.45, 7) is 2.42. The molecule has 7 heteroatoms. The molecule has 3 rings (SSSR count). The summed E-state index contributed by atoms with van der Waals surface area (Å²) in [5.41, 5.74) is 1.20. The molecule has 0 atom stereocenters. The van der Waals surface area contributed by atoms with E-state index in [1.807, 2.05) is 31.2 Å². The Balaban J connectivity index is 1.77. The highest BCUT2D eigenvalue weighted by molar-refractivity contribution is 6.03. The Bertz CT molecular complexity index is 917. The molecule has 1 amide bonds. The van der Waals surface area contributed by atoms with Gasteiger partial charge in [-0.05, 0) is 43.3 Å². The molecule has 1 heterocycles. The maximum atomic E-state index is 13.2. The minimum Gasteiger partial charge on any atom is -0.492 e. The predicted octanol–water partition coefficient (Wildman–Crippen LogP) is 4.01. The van der Waals surface area contributed by atoms with Crippen LogP contribution in [-0.2, 0) is 0 Å². The number of hydrogen-bond donors (Lipinski definition) is 2. The molecule has 0 unspecified atom stereocenters. The average Bonchev–Trinajstić information content (AvgIpc) is 2.64. The van der Waals surface area contributed by atoms with Gasteiger partial charge in [0.1, 0.15) is 17.3 Å². The van der Waals surface area contributed by atoms with Crippen LogP contribution in [0.5, 0.6) is 5.75 Å². The van der Waals surface area contributed by atoms with Crippen LogP contribution in [0.25, 0.3) is 0 Å². The Morgan fingerprint density at radius 1 is 1.15 bits per heavy atom. The van der Waals surface area contributed by atoms with Crippen molar-refractivity contribution in [3.05, 3.63) is 72.3 Å². The number of nitrogens with one attached hydrogen (secondary N) is 2. The molecule has 0 fully saturated rings. The normalized spacial score (nSPS) is 10.2. The van der Waals surface area contributed by atoms with Crippen LogP contribution in [-0.4, -0.2) is 22.5 Å². The van der Waals surface area contributed by atoms with Gasteiger partial charge >= 0.3 is 0 Å². The molecular weight excluding hydrogens is 335 g/mol. The number of amides is 1. The van der Waals surface area contributed by atoms with Crippen molar-refractivity contribution in [3.63, 3.8) is 0 Å². The summed E-state index contributed by atoms with van der Waals surface area (Å²) >= 11 is 0. The largest absolute Gasteiger partial charge is 0.492 e. The number of benzene rings is 2. The van der Waals surface area contributed by atoms with Crippen molar-refractivity contribution in [2.45, 2.75) is 6.92 Å². The molecule has 0 radical (unpaired) electrons. The number of ether oxygens (including phenoxy) is 1. The van der Waals surface area contributed by atoms with E-state index in [0.29, 0.717) is 23.7 Å². The second-order valence-corrected chi connectivity index (χ2v) is 5.28. The highest BCUT2D eigenvalue weighted by Gasteiger charge is 2.11. The molecule has 3 aromatic rings. The van der Waals surface area contributed by atoms with Crippen LogP contribution in [0.3, 0.4) is 0 Å². The molecule has 0 aliphatic carbocycles. The van der Waals surface area contributed by atoms with E-state index in [2.05, 4.69) is 20.6 Å². The Kier molecular flexibility index (Phi) is 5.38. The second kappa shape index (κ2) is 8.06. The number of para-hydroxylation sites is 2. The molecule has 1 aromatic heterocycles. The van der Waals surface area contributed by atoms with Crippen molar-refractivity contribution < 1.29 is 13.9 Å². The summed E-state index contributed by atoms with van der Waals surface area (Å²) in [6, 6.07) is 14.5. The van der Waals surface area contributed by atoms with Crippen molar-refractivity contribution in [2.75, 3.05) is 17.2 Å². The van der Waals surface area contributed by atoms with E-state index in [4.69, 9.17) is 4.74 Å². The number of halogens is 1. The maximum Gasteiger partial charge on any atom is 0.274 e. The first kappa shape index (κ1) is 17.3. The van der Waals surface area contributed by atoms with Crippen LogP contribution in [0.2, 0.25) is 0 Å². The van der Waals surface area contributed by atoms with Gasteiger partial charge in [-0.2, -0.15) is 0 Å². The number of nitrogens with zero attached hydrogens (tertiary/aromatic N) is 2. The van der Waals surface area contributed by atoms with Gasteiger partial charge in [-0.25, -0.2) is 14.4 Å². The summed E-state index contributed by atoms with van der Waals surface area (Å²) in [6.07, 6.45) is 1.47. The molecule has 0 saturated heterocycles. The molecule has 2 N–H and O–H groups in total. The number of carbonyl (C=O) groups excluding carboxylic acids is 1. The summed E-state index contributed by atoms with van der Waals surface area (Å²) in [4.78, 5) is 20.6. The van der Waals surface area contributed by atoms with Crippen molar-refractivity contribution in [1.82, 2.24) is 9.97 Å². The van der Waals surface area contributed by atoms with Crippen molar-refractivity contribution in [3.8, 4) is 5.75 Å². The predicted molar refractivity (Wildman–Crippen MR) is 97.3 cm³/mol. The van der Waals surface area contributed by atoms with Crippen LogP contribution in [0.15, 0.2) is 60.8 Å². The number of anilines is 3. The lowest BCUT2D eigenvalue weighted by molar-refractivity contribution is 0.102. The first-order valence-corrected chi connectivity index (χ1v) is 8.04. The molecule has 0 saturated carbocycles. The third-order valence-electron chi connectivity index (χ3n) is 3.40. The molecule has 0 spiro atoms. The van der Waals surface area contributed by atoms with E-state index >= 15 is 0 Å². The van der Waals surface area contributed by atoms with Gasteiger partial charge in [0.15, 0.2) is 0 Å². The van der Waals surface area contributed by atoms with Crippen LogP contribution in [0.4, 0.5) is 21.7 Å². The van der Waals surface area contributed by atoms with Gasteiger partial charge in [-0.15, -0.1) is 0 Å². The van der Waals surface area contributed by atoms with E-state index in [9.17, 15) is 9.18 Å². The first-order valence-electron chi connectivity index (χ1n) is 8.04. The number of hydrogen-bond acceptors (Lipinski definition) is 5. The lowest BCUT2D eigenvalue weighted by Gasteiger charge is -2.11. The molecule has 0 aliphatic rings. The summed E-state index contributed by atoms with van der Waals surface area (Å²) < 4.78 is 18.8. The minimum atomic E-state index is -0.459. The number of carbonyl (C=O) groups is 1. The smallest absolute Gasteiger partial charge is 0.274 e. The van der Waals surface area contributed by atoms with Gasteiger partial charge in [0.05, 0.1) is 12.3 Å². The van der Waals surface area contributed by atoms with Gasteiger partial charge in [-0.3, -0.25) is 4.79 Å². The second-order valence-electron chi connectivity index (χ2n) is 5.28. The van der Waals surface area contributed by atoms with Crippen LogP contribution in [0, 0.1) is 5.82 Å². The molecule has 2 aromatic carbocycles. The zero-order chi connectivity index (χ0) is 18.4. The molecule has 0 bridgehead atoms. The van der Waals surface area contributed by atoms with E-state index < -0.39 is 11.7 Å². The fourth-order valence-corrected chi connectivity index (χ4v) is 2.28. The van der Waals surface area contributed by atoms with Crippen LogP contribution < -0.4 is 15.4 Å².